The van der Waals surface area contributed by atoms with E-state index in [9.17, 15) is 14.7 Å². The van der Waals surface area contributed by atoms with Gasteiger partial charge in [0.25, 0.3) is 5.56 Å². The molecule has 0 saturated carbocycles. The van der Waals surface area contributed by atoms with E-state index in [0.717, 1.165) is 0 Å². The van der Waals surface area contributed by atoms with Gasteiger partial charge in [-0.1, -0.05) is 31.9 Å². The summed E-state index contributed by atoms with van der Waals surface area (Å²) in [6.45, 7) is 0. The second-order valence-electron chi connectivity index (χ2n) is 4.13. The summed E-state index contributed by atoms with van der Waals surface area (Å²) in [6.07, 6.45) is 1.68. The monoisotopic (exact) mass is 394 g/mol. The molecule has 19 heavy (non-hydrogen) atoms. The number of H-pyrrole nitrogens is 1. The summed E-state index contributed by atoms with van der Waals surface area (Å²) >= 11 is 6.32. The number of nitrogens with one attached hydrogen (secondary N) is 1. The molecule has 1 saturated heterocycles. The highest BCUT2D eigenvalue weighted by molar-refractivity contribution is 9.11. The van der Waals surface area contributed by atoms with Crippen molar-refractivity contribution in [3.05, 3.63) is 37.6 Å². The van der Waals surface area contributed by atoms with E-state index < -0.39 is 23.6 Å². The minimum Gasteiger partial charge on any atom is -0.390 e. The molecule has 2 N–H and O–H groups in total. The van der Waals surface area contributed by atoms with Crippen LogP contribution in [-0.2, 0) is 4.74 Å². The van der Waals surface area contributed by atoms with Gasteiger partial charge in [0.05, 0.1) is 17.8 Å². The second kappa shape index (κ2) is 6.17. The molecule has 1 aliphatic heterocycles. The Labute approximate surface area is 125 Å². The lowest BCUT2D eigenvalue weighted by molar-refractivity contribution is -0.00698. The van der Waals surface area contributed by atoms with Crippen molar-refractivity contribution in [3.8, 4) is 0 Å². The molecule has 1 fully saturated rings. The Morgan fingerprint density at radius 1 is 1.58 bits per heavy atom. The third-order valence-corrected chi connectivity index (χ3v) is 3.81. The number of aromatic amines is 1. The molecule has 8 heteroatoms. The van der Waals surface area contributed by atoms with Crippen LogP contribution in [0.1, 0.15) is 18.2 Å². The summed E-state index contributed by atoms with van der Waals surface area (Å²) in [5, 5.41) is 10.3. The van der Waals surface area contributed by atoms with Gasteiger partial charge in [-0.25, -0.2) is 4.79 Å². The van der Waals surface area contributed by atoms with Gasteiger partial charge in [-0.3, -0.25) is 14.3 Å². The van der Waals surface area contributed by atoms with Gasteiger partial charge in [0, 0.05) is 17.9 Å². The van der Waals surface area contributed by atoms with E-state index in [1.165, 1.54) is 21.8 Å². The maximum atomic E-state index is 11.8. The number of nitrogens with zero attached hydrogens (tertiary/aromatic N) is 1. The van der Waals surface area contributed by atoms with E-state index in [2.05, 4.69) is 36.8 Å². The lowest BCUT2D eigenvalue weighted by Crippen LogP contribution is -2.33. The number of rotatable bonds is 3. The van der Waals surface area contributed by atoms with Crippen LogP contribution in [0.15, 0.2) is 20.8 Å². The summed E-state index contributed by atoms with van der Waals surface area (Å²) in [4.78, 5) is 27.1. The first-order chi connectivity index (χ1) is 9.06. The van der Waals surface area contributed by atoms with Gasteiger partial charge < -0.3 is 9.84 Å². The average Bonchev–Trinajstić information content (AvgIpc) is 2.74. The van der Waals surface area contributed by atoms with E-state index in [0.29, 0.717) is 17.3 Å². The highest BCUT2D eigenvalue weighted by Gasteiger charge is 2.34. The van der Waals surface area contributed by atoms with Gasteiger partial charge in [-0.15, -0.1) is 0 Å². The summed E-state index contributed by atoms with van der Waals surface area (Å²) in [5.74, 6) is 0. The van der Waals surface area contributed by atoms with Gasteiger partial charge in [-0.2, -0.15) is 0 Å². The molecule has 3 atom stereocenters. The smallest absolute Gasteiger partial charge is 0.330 e. The third kappa shape index (κ3) is 3.07. The van der Waals surface area contributed by atoms with Crippen LogP contribution < -0.4 is 11.2 Å². The number of halogens is 2. The Hall–Kier alpha value is -0.700. The highest BCUT2D eigenvalue weighted by atomic mass is 79.9. The van der Waals surface area contributed by atoms with Crippen LogP contribution >= 0.6 is 31.9 Å². The predicted octanol–water partition coefficient (Wildman–Crippen LogP) is 0.945. The molecule has 0 aromatic carbocycles. The predicted molar refractivity (Wildman–Crippen MR) is 77.6 cm³/mol. The molecule has 2 heterocycles. The second-order valence-corrected chi connectivity index (χ2v) is 5.31. The Balaban J connectivity index is 2.38. The topological polar surface area (TPSA) is 84.3 Å². The van der Waals surface area contributed by atoms with Crippen LogP contribution in [0.5, 0.6) is 0 Å². The number of hydrogen-bond donors (Lipinski definition) is 2. The first-order valence-electron chi connectivity index (χ1n) is 5.58. The van der Waals surface area contributed by atoms with Crippen LogP contribution in [0.3, 0.4) is 0 Å². The molecule has 104 valence electrons. The zero-order valence-corrected chi connectivity index (χ0v) is 12.9. The van der Waals surface area contributed by atoms with Crippen molar-refractivity contribution >= 4 is 37.9 Å². The standard InChI is InChI=1S/C11H12Br2N2O4/c12-2-1-6-5-15(11(18)14-10(6)17)9-3-7(16)8(4-13)19-9/h1-2,5,7-9,16H,3-4H2,(H,14,17,18)/t7-,8+,9+/m0/s1. The number of alkyl halides is 1. The normalized spacial score (nSPS) is 27.2. The number of aromatic nitrogens is 2. The third-order valence-electron chi connectivity index (χ3n) is 2.90. The molecule has 1 aromatic rings. The van der Waals surface area contributed by atoms with Gasteiger partial charge in [0.1, 0.15) is 6.23 Å². The molecule has 1 aliphatic rings. The van der Waals surface area contributed by atoms with Gasteiger partial charge in [-0.05, 0) is 11.1 Å². The SMILES string of the molecule is O=c1[nH]c(=O)n([C@H]2C[C@H](O)[C@@H](CBr)O2)cc1C=CBr. The van der Waals surface area contributed by atoms with Crippen molar-refractivity contribution in [2.24, 2.45) is 0 Å². The fourth-order valence-corrected chi connectivity index (χ4v) is 2.80. The van der Waals surface area contributed by atoms with Crippen LogP contribution in [-0.4, -0.2) is 32.2 Å². The minimum absolute atomic E-state index is 0.305. The quantitative estimate of drug-likeness (QED) is 0.746. The van der Waals surface area contributed by atoms with Crippen LogP contribution in [0.25, 0.3) is 6.08 Å². The molecular weight excluding hydrogens is 384 g/mol. The average molecular weight is 396 g/mol. The molecule has 0 unspecified atom stereocenters. The molecule has 0 amide bonds. The summed E-state index contributed by atoms with van der Waals surface area (Å²) < 4.78 is 6.86. The van der Waals surface area contributed by atoms with Crippen LogP contribution in [0.4, 0.5) is 0 Å². The molecule has 0 aliphatic carbocycles. The van der Waals surface area contributed by atoms with Crippen molar-refractivity contribution in [2.75, 3.05) is 5.33 Å². The molecule has 6 nitrogen and oxygen atoms in total. The lowest BCUT2D eigenvalue weighted by Gasteiger charge is -2.14. The molecule has 0 bridgehead atoms. The summed E-state index contributed by atoms with van der Waals surface area (Å²) in [5.41, 5.74) is -0.687. The number of aliphatic hydroxyl groups is 1. The molecule has 2 rings (SSSR count). The van der Waals surface area contributed by atoms with Crippen molar-refractivity contribution in [2.45, 2.75) is 24.9 Å². The van der Waals surface area contributed by atoms with Crippen LogP contribution in [0, 0.1) is 0 Å². The maximum Gasteiger partial charge on any atom is 0.330 e. The zero-order valence-electron chi connectivity index (χ0n) is 9.75. The lowest BCUT2D eigenvalue weighted by atomic mass is 10.2. The molecular formula is C11H12Br2N2O4. The Morgan fingerprint density at radius 3 is 2.89 bits per heavy atom. The Morgan fingerprint density at radius 2 is 2.32 bits per heavy atom. The van der Waals surface area contributed by atoms with Crippen molar-refractivity contribution in [1.82, 2.24) is 9.55 Å². The number of hydrogen-bond acceptors (Lipinski definition) is 4. The van der Waals surface area contributed by atoms with Crippen molar-refractivity contribution < 1.29 is 9.84 Å². The van der Waals surface area contributed by atoms with E-state index in [-0.39, 0.29) is 6.10 Å². The first-order valence-corrected chi connectivity index (χ1v) is 7.62. The number of ether oxygens (including phenoxy) is 1. The Kier molecular flexibility index (Phi) is 4.77. The zero-order chi connectivity index (χ0) is 14.0. The Bertz CT molecular complexity index is 595. The van der Waals surface area contributed by atoms with Crippen LogP contribution in [0.2, 0.25) is 0 Å². The largest absolute Gasteiger partial charge is 0.390 e. The maximum absolute atomic E-state index is 11.8. The van der Waals surface area contributed by atoms with Gasteiger partial charge >= 0.3 is 5.69 Å². The number of aliphatic hydroxyl groups excluding tert-OH is 1. The molecule has 0 radical (unpaired) electrons. The van der Waals surface area contributed by atoms with E-state index in [4.69, 9.17) is 4.74 Å². The molecule has 1 aromatic heterocycles. The fraction of sp³-hybridized carbons (Fsp3) is 0.455. The molecule has 0 spiro atoms. The van der Waals surface area contributed by atoms with E-state index in [1.807, 2.05) is 0 Å². The minimum atomic E-state index is -0.640. The first kappa shape index (κ1) is 14.7. The van der Waals surface area contributed by atoms with E-state index in [1.54, 1.807) is 0 Å². The van der Waals surface area contributed by atoms with E-state index >= 15 is 0 Å². The van der Waals surface area contributed by atoms with Gasteiger partial charge in [0.2, 0.25) is 0 Å². The fourth-order valence-electron chi connectivity index (χ4n) is 1.93. The highest BCUT2D eigenvalue weighted by Crippen LogP contribution is 2.28. The summed E-state index contributed by atoms with van der Waals surface area (Å²) in [6, 6.07) is 0. The van der Waals surface area contributed by atoms with Gasteiger partial charge in [0.15, 0.2) is 0 Å². The summed E-state index contributed by atoms with van der Waals surface area (Å²) in [7, 11) is 0. The van der Waals surface area contributed by atoms with Crippen molar-refractivity contribution in [3.63, 3.8) is 0 Å². The van der Waals surface area contributed by atoms with Crippen molar-refractivity contribution in [1.29, 1.82) is 0 Å².